The Morgan fingerprint density at radius 3 is 1.08 bits per heavy atom. The first-order valence-corrected chi connectivity index (χ1v) is 29.3. The quantitative estimate of drug-likeness (QED) is 0.0321. The van der Waals surface area contributed by atoms with Crippen LogP contribution < -0.4 is 5.32 Å². The number of nitrogens with one attached hydrogen (secondary N) is 1. The van der Waals surface area contributed by atoms with Gasteiger partial charge >= 0.3 is 5.97 Å². The Balaban J connectivity index is 3.49. The molecule has 66 heavy (non-hydrogen) atoms. The average Bonchev–Trinajstić information content (AvgIpc) is 3.32. The van der Waals surface area contributed by atoms with Crippen LogP contribution in [0.3, 0.4) is 0 Å². The minimum absolute atomic E-state index is 0.0102. The molecule has 0 spiro atoms. The van der Waals surface area contributed by atoms with Gasteiger partial charge < -0.3 is 20.3 Å². The number of hydrogen-bond acceptors (Lipinski definition) is 5. The van der Waals surface area contributed by atoms with Gasteiger partial charge in [0.1, 0.15) is 0 Å². The Bertz CT molecular complexity index is 1070. The van der Waals surface area contributed by atoms with Gasteiger partial charge in [-0.3, -0.25) is 9.59 Å². The van der Waals surface area contributed by atoms with Gasteiger partial charge in [0, 0.05) is 12.8 Å². The molecule has 0 rings (SSSR count). The van der Waals surface area contributed by atoms with E-state index in [4.69, 9.17) is 4.74 Å². The van der Waals surface area contributed by atoms with Gasteiger partial charge in [0.25, 0.3) is 0 Å². The largest absolute Gasteiger partial charge is 0.466 e. The van der Waals surface area contributed by atoms with Gasteiger partial charge in [0.15, 0.2) is 0 Å². The third-order valence-electron chi connectivity index (χ3n) is 13.4. The molecule has 0 saturated carbocycles. The molecule has 0 aliphatic rings. The first kappa shape index (κ1) is 64.1. The third kappa shape index (κ3) is 51.5. The van der Waals surface area contributed by atoms with Gasteiger partial charge in [-0.2, -0.15) is 0 Å². The van der Waals surface area contributed by atoms with E-state index < -0.39 is 12.1 Å². The summed E-state index contributed by atoms with van der Waals surface area (Å²) in [5.41, 5.74) is 0. The van der Waals surface area contributed by atoms with E-state index in [-0.39, 0.29) is 18.5 Å². The molecule has 0 aromatic carbocycles. The molecule has 0 aromatic heterocycles. The predicted octanol–water partition coefficient (Wildman–Crippen LogP) is 18.0. The molecule has 6 heteroatoms. The zero-order valence-corrected chi connectivity index (χ0v) is 44.2. The topological polar surface area (TPSA) is 95.9 Å². The summed E-state index contributed by atoms with van der Waals surface area (Å²) in [6.45, 7) is 4.88. The zero-order valence-electron chi connectivity index (χ0n) is 44.2. The minimum atomic E-state index is -0.853. The predicted molar refractivity (Wildman–Crippen MR) is 287 cm³/mol. The van der Waals surface area contributed by atoms with Crippen molar-refractivity contribution in [2.75, 3.05) is 13.2 Å². The molecule has 6 nitrogen and oxygen atoms in total. The van der Waals surface area contributed by atoms with Crippen LogP contribution in [0, 0.1) is 0 Å². The molecule has 2 atom stereocenters. The fourth-order valence-electron chi connectivity index (χ4n) is 8.86. The maximum Gasteiger partial charge on any atom is 0.305 e. The van der Waals surface area contributed by atoms with Crippen LogP contribution in [0.4, 0.5) is 0 Å². The van der Waals surface area contributed by atoms with Crippen molar-refractivity contribution in [2.45, 2.75) is 321 Å². The van der Waals surface area contributed by atoms with E-state index in [1.165, 1.54) is 225 Å². The summed E-state index contributed by atoms with van der Waals surface area (Å²) in [6, 6.07) is -0.637. The van der Waals surface area contributed by atoms with E-state index in [1.54, 1.807) is 6.08 Å². The van der Waals surface area contributed by atoms with E-state index in [9.17, 15) is 19.8 Å². The molecule has 388 valence electrons. The van der Waals surface area contributed by atoms with Crippen LogP contribution in [-0.4, -0.2) is 47.4 Å². The molecule has 0 saturated heterocycles. The van der Waals surface area contributed by atoms with Crippen molar-refractivity contribution in [3.8, 4) is 0 Å². The molecule has 2 unspecified atom stereocenters. The molecule has 0 aliphatic carbocycles. The number of amides is 1. The number of hydrogen-bond donors (Lipinski definition) is 3. The first-order valence-electron chi connectivity index (χ1n) is 29.3. The number of carbonyl (C=O) groups excluding carboxylic acids is 2. The highest BCUT2D eigenvalue weighted by molar-refractivity contribution is 5.76. The summed E-state index contributed by atoms with van der Waals surface area (Å²) in [6.07, 6.45) is 68.8. The van der Waals surface area contributed by atoms with Crippen molar-refractivity contribution in [3.63, 3.8) is 0 Å². The van der Waals surface area contributed by atoms with Gasteiger partial charge in [0.2, 0.25) is 5.91 Å². The minimum Gasteiger partial charge on any atom is -0.466 e. The van der Waals surface area contributed by atoms with Crippen molar-refractivity contribution in [1.82, 2.24) is 5.32 Å². The Kier molecular flexibility index (Phi) is 54.1. The van der Waals surface area contributed by atoms with Crippen molar-refractivity contribution < 1.29 is 24.5 Å². The third-order valence-corrected chi connectivity index (χ3v) is 13.4. The second kappa shape index (κ2) is 55.7. The summed E-state index contributed by atoms with van der Waals surface area (Å²) < 4.78 is 5.47. The molecule has 0 heterocycles. The number of rotatable bonds is 54. The van der Waals surface area contributed by atoms with Gasteiger partial charge in [0.05, 0.1) is 25.4 Å². The van der Waals surface area contributed by atoms with Gasteiger partial charge in [-0.05, 0) is 83.5 Å². The number of allylic oxidation sites excluding steroid dienone is 5. The van der Waals surface area contributed by atoms with Crippen LogP contribution >= 0.6 is 0 Å². The van der Waals surface area contributed by atoms with E-state index in [2.05, 4.69) is 43.5 Å². The molecule has 0 bridgehead atoms. The molecular weight excluding hydrogens is 815 g/mol. The first-order chi connectivity index (χ1) is 32.5. The fraction of sp³-hybridized carbons (Fsp3) is 0.867. The Hall–Kier alpha value is -1.92. The monoisotopic (exact) mass is 928 g/mol. The highest BCUT2D eigenvalue weighted by Crippen LogP contribution is 2.16. The van der Waals surface area contributed by atoms with Crippen molar-refractivity contribution in [2.24, 2.45) is 0 Å². The number of unbranched alkanes of at least 4 members (excludes halogenated alkanes) is 39. The number of ether oxygens (including phenoxy) is 1. The van der Waals surface area contributed by atoms with Crippen LogP contribution in [0.5, 0.6) is 0 Å². The summed E-state index contributed by atoms with van der Waals surface area (Å²) in [5.74, 6) is -0.0896. The van der Waals surface area contributed by atoms with Crippen LogP contribution in [0.15, 0.2) is 36.5 Å². The van der Waals surface area contributed by atoms with Crippen LogP contribution in [0.25, 0.3) is 0 Å². The van der Waals surface area contributed by atoms with Gasteiger partial charge in [-0.1, -0.05) is 249 Å². The highest BCUT2D eigenvalue weighted by atomic mass is 16.5. The molecule has 0 aliphatic heterocycles. The Labute approximate surface area is 411 Å². The highest BCUT2D eigenvalue weighted by Gasteiger charge is 2.18. The average molecular weight is 929 g/mol. The number of aliphatic hydroxyl groups is 2. The lowest BCUT2D eigenvalue weighted by molar-refractivity contribution is -0.143. The van der Waals surface area contributed by atoms with Gasteiger partial charge in [-0.15, -0.1) is 0 Å². The second-order valence-corrected chi connectivity index (χ2v) is 20.0. The summed E-state index contributed by atoms with van der Waals surface area (Å²) in [5, 5.41) is 23.1. The van der Waals surface area contributed by atoms with E-state index in [1.807, 2.05) is 6.08 Å². The maximum absolute atomic E-state index is 12.5. The second-order valence-electron chi connectivity index (χ2n) is 20.0. The van der Waals surface area contributed by atoms with E-state index in [0.29, 0.717) is 19.4 Å². The molecule has 0 fully saturated rings. The van der Waals surface area contributed by atoms with Crippen LogP contribution in [0.1, 0.15) is 309 Å². The molecule has 0 aromatic rings. The summed E-state index contributed by atoms with van der Waals surface area (Å²) >= 11 is 0. The molecule has 1 amide bonds. The summed E-state index contributed by atoms with van der Waals surface area (Å²) in [4.78, 5) is 24.5. The molecule has 3 N–H and O–H groups in total. The number of aliphatic hydroxyl groups excluding tert-OH is 2. The SMILES string of the molecule is CCCCCCCCC/C=C\CCCCCCCC(=O)OCCCCCCCC/C=C\CCCCCCCCCC(=O)NC(CO)C(O)/C=C/CCCCCCCCCCCCCCCC. The lowest BCUT2D eigenvalue weighted by atomic mass is 10.0. The number of carbonyl (C=O) groups is 2. The smallest absolute Gasteiger partial charge is 0.305 e. The lowest BCUT2D eigenvalue weighted by Gasteiger charge is -2.20. The number of esters is 1. The van der Waals surface area contributed by atoms with Crippen LogP contribution in [-0.2, 0) is 14.3 Å². The van der Waals surface area contributed by atoms with E-state index in [0.717, 1.165) is 57.8 Å². The van der Waals surface area contributed by atoms with Crippen molar-refractivity contribution in [3.05, 3.63) is 36.5 Å². The zero-order chi connectivity index (χ0) is 47.9. The maximum atomic E-state index is 12.5. The van der Waals surface area contributed by atoms with Crippen molar-refractivity contribution in [1.29, 1.82) is 0 Å². The molecular formula is C60H113NO5. The summed E-state index contributed by atoms with van der Waals surface area (Å²) in [7, 11) is 0. The normalized spacial score (nSPS) is 12.8. The fourth-order valence-corrected chi connectivity index (χ4v) is 8.86. The Morgan fingerprint density at radius 1 is 0.409 bits per heavy atom. The standard InChI is InChI=1S/C60H113NO5/c1-3-5-7-9-11-13-15-17-19-24-28-32-36-40-44-48-52-58(63)57(56-62)61-59(64)53-49-45-41-37-33-29-25-22-21-23-27-31-35-39-43-47-51-55-66-60(65)54-50-46-42-38-34-30-26-20-18-16-14-12-10-8-6-4-2/h20-21,23,26,48,52,57-58,62-63H,3-19,22,24-25,27-47,49-51,53-56H2,1-2H3,(H,61,64)/b23-21-,26-20-,52-48+. The molecule has 0 radical (unpaired) electrons. The van der Waals surface area contributed by atoms with E-state index >= 15 is 0 Å². The van der Waals surface area contributed by atoms with Crippen molar-refractivity contribution >= 4 is 11.9 Å². The lowest BCUT2D eigenvalue weighted by Crippen LogP contribution is -2.45. The van der Waals surface area contributed by atoms with Gasteiger partial charge in [-0.25, -0.2) is 0 Å². The van der Waals surface area contributed by atoms with Crippen LogP contribution in [0.2, 0.25) is 0 Å². The Morgan fingerprint density at radius 2 is 0.712 bits per heavy atom.